The lowest BCUT2D eigenvalue weighted by atomic mass is 9.75. The first-order chi connectivity index (χ1) is 22.6. The highest BCUT2D eigenvalue weighted by atomic mass is 16.5. The van der Waals surface area contributed by atoms with E-state index in [4.69, 9.17) is 25.0 Å². The Balaban J connectivity index is 1.30. The van der Waals surface area contributed by atoms with Gasteiger partial charge >= 0.3 is 0 Å². The topological polar surface area (TPSA) is 152 Å². The van der Waals surface area contributed by atoms with Crippen molar-refractivity contribution in [3.8, 4) is 6.07 Å². The largest absolute Gasteiger partial charge is 0.379 e. The average molecular weight is 647 g/mol. The van der Waals surface area contributed by atoms with Crippen LogP contribution in [0.15, 0.2) is 35.6 Å². The molecule has 254 valence electrons. The molecule has 0 amide bonds. The molecule has 2 aliphatic rings. The summed E-state index contributed by atoms with van der Waals surface area (Å²) >= 11 is 0. The minimum absolute atomic E-state index is 0.117. The number of azide groups is 1. The molecule has 1 aliphatic heterocycles. The number of nitriles is 1. The summed E-state index contributed by atoms with van der Waals surface area (Å²) in [5, 5.41) is 12.6. The van der Waals surface area contributed by atoms with Crippen LogP contribution in [-0.2, 0) is 26.2 Å². The lowest BCUT2D eigenvalue weighted by molar-refractivity contribution is 0.00356. The van der Waals surface area contributed by atoms with E-state index in [9.17, 15) is 4.79 Å². The molecular formula is C35H50N8O4. The Kier molecular flexibility index (Phi) is 13.5. The number of nitrogens with one attached hydrogen (secondary N) is 1. The van der Waals surface area contributed by atoms with Crippen LogP contribution in [0, 0.1) is 16.7 Å². The van der Waals surface area contributed by atoms with E-state index >= 15 is 0 Å². The Morgan fingerprint density at radius 1 is 1.11 bits per heavy atom. The minimum atomic E-state index is -0.179. The van der Waals surface area contributed by atoms with E-state index in [1.165, 1.54) is 17.3 Å². The molecule has 0 unspecified atom stereocenters. The predicted molar refractivity (Wildman–Crippen MR) is 181 cm³/mol. The van der Waals surface area contributed by atoms with Crippen LogP contribution in [0.1, 0.15) is 80.0 Å². The second-order valence-corrected chi connectivity index (χ2v) is 13.5. The maximum atomic E-state index is 13.2. The number of ketones is 1. The molecular weight excluding hydrogens is 596 g/mol. The molecule has 0 radical (unpaired) electrons. The maximum Gasteiger partial charge on any atom is 0.202 e. The third-order valence-corrected chi connectivity index (χ3v) is 9.30. The Bertz CT molecular complexity index is 1450. The van der Waals surface area contributed by atoms with E-state index in [1.807, 2.05) is 6.07 Å². The molecule has 0 bridgehead atoms. The van der Waals surface area contributed by atoms with Crippen LogP contribution in [0.25, 0.3) is 16.0 Å². The number of benzene rings is 1. The van der Waals surface area contributed by atoms with Crippen molar-refractivity contribution in [3.05, 3.63) is 69.1 Å². The standard InChI is InChI=1S/C35H50N8O4/c1-34(2)9-7-27(8-10-34)31-24-29(6-5-28(31)23-32(44)33-38-26-30(25-36)40-33)35(3,4)43-14-12-42(13-15-43)16-18-46-20-22-47-21-19-45-17-11-39-41-37/h5-7,24,26H,8-23H2,1-4H3,(H,38,40). The first kappa shape index (κ1) is 36.3. The van der Waals surface area contributed by atoms with Crippen LogP contribution >= 0.6 is 0 Å². The molecule has 0 atom stereocenters. The fourth-order valence-corrected chi connectivity index (χ4v) is 6.11. The summed E-state index contributed by atoms with van der Waals surface area (Å²) in [6.07, 6.45) is 7.12. The highest BCUT2D eigenvalue weighted by Crippen LogP contribution is 2.40. The molecule has 0 spiro atoms. The number of carbonyl (C=O) groups excluding carboxylic acids is 1. The third kappa shape index (κ3) is 10.7. The van der Waals surface area contributed by atoms with Crippen molar-refractivity contribution in [1.82, 2.24) is 19.8 Å². The van der Waals surface area contributed by atoms with E-state index in [0.29, 0.717) is 51.9 Å². The number of ether oxygens (including phenoxy) is 3. The lowest BCUT2D eigenvalue weighted by Gasteiger charge is -2.44. The molecule has 1 fully saturated rings. The zero-order chi connectivity index (χ0) is 33.7. The van der Waals surface area contributed by atoms with Gasteiger partial charge in [-0.1, -0.05) is 37.2 Å². The second-order valence-electron chi connectivity index (χ2n) is 13.5. The molecule has 2 aromatic rings. The number of imidazole rings is 1. The minimum Gasteiger partial charge on any atom is -0.379 e. The van der Waals surface area contributed by atoms with Gasteiger partial charge in [0.25, 0.3) is 0 Å². The van der Waals surface area contributed by atoms with Gasteiger partial charge in [0, 0.05) is 56.1 Å². The Morgan fingerprint density at radius 2 is 1.81 bits per heavy atom. The quantitative estimate of drug-likeness (QED) is 0.0731. The number of Topliss-reactive ketones (excluding diaryl/α,β-unsaturated/α-hetero) is 1. The lowest BCUT2D eigenvalue weighted by Crippen LogP contribution is -2.53. The van der Waals surface area contributed by atoms with Crippen molar-refractivity contribution >= 4 is 11.4 Å². The van der Waals surface area contributed by atoms with E-state index in [-0.39, 0.29) is 29.0 Å². The number of aromatic nitrogens is 2. The molecule has 1 aromatic carbocycles. The molecule has 2 heterocycles. The summed E-state index contributed by atoms with van der Waals surface area (Å²) < 4.78 is 16.6. The van der Waals surface area contributed by atoms with Gasteiger partial charge < -0.3 is 19.2 Å². The smallest absolute Gasteiger partial charge is 0.202 e. The summed E-state index contributed by atoms with van der Waals surface area (Å²) in [6, 6.07) is 8.63. The molecule has 1 N–H and O–H groups in total. The van der Waals surface area contributed by atoms with Crippen molar-refractivity contribution in [2.75, 3.05) is 78.9 Å². The fraction of sp³-hybridized carbons (Fsp3) is 0.629. The van der Waals surface area contributed by atoms with Crippen molar-refractivity contribution in [1.29, 1.82) is 5.26 Å². The Hall–Kier alpha value is -3.56. The molecule has 47 heavy (non-hydrogen) atoms. The van der Waals surface area contributed by atoms with Crippen LogP contribution in [0.3, 0.4) is 0 Å². The van der Waals surface area contributed by atoms with Gasteiger partial charge in [0.1, 0.15) is 11.8 Å². The number of rotatable bonds is 18. The van der Waals surface area contributed by atoms with Gasteiger partial charge in [-0.25, -0.2) is 4.98 Å². The van der Waals surface area contributed by atoms with Gasteiger partial charge in [0.05, 0.1) is 45.8 Å². The first-order valence-corrected chi connectivity index (χ1v) is 16.7. The monoisotopic (exact) mass is 646 g/mol. The molecule has 1 aromatic heterocycles. The number of allylic oxidation sites excluding steroid dienone is 2. The number of nitrogens with zero attached hydrogens (tertiary/aromatic N) is 7. The molecule has 12 nitrogen and oxygen atoms in total. The number of hydrogen-bond acceptors (Lipinski definition) is 9. The molecule has 1 saturated heterocycles. The van der Waals surface area contributed by atoms with Crippen LogP contribution in [0.4, 0.5) is 0 Å². The van der Waals surface area contributed by atoms with Crippen LogP contribution in [0.2, 0.25) is 0 Å². The van der Waals surface area contributed by atoms with Crippen molar-refractivity contribution in [2.45, 2.75) is 58.9 Å². The van der Waals surface area contributed by atoms with Gasteiger partial charge in [-0.3, -0.25) is 14.6 Å². The van der Waals surface area contributed by atoms with Gasteiger partial charge in [0.15, 0.2) is 5.82 Å². The summed E-state index contributed by atoms with van der Waals surface area (Å²) in [7, 11) is 0. The highest BCUT2D eigenvalue weighted by Gasteiger charge is 2.33. The molecule has 12 heteroatoms. The maximum absolute atomic E-state index is 13.2. The second kappa shape index (κ2) is 17.6. The van der Waals surface area contributed by atoms with Gasteiger partial charge in [-0.15, -0.1) is 0 Å². The number of carbonyl (C=O) groups is 1. The highest BCUT2D eigenvalue weighted by molar-refractivity contribution is 5.95. The van der Waals surface area contributed by atoms with Gasteiger partial charge in [0.2, 0.25) is 5.78 Å². The zero-order valence-electron chi connectivity index (χ0n) is 28.5. The number of H-pyrrole nitrogens is 1. The van der Waals surface area contributed by atoms with Crippen molar-refractivity contribution in [2.24, 2.45) is 10.5 Å². The Morgan fingerprint density at radius 3 is 2.45 bits per heavy atom. The van der Waals surface area contributed by atoms with E-state index in [0.717, 1.165) is 63.1 Å². The van der Waals surface area contributed by atoms with Crippen LogP contribution < -0.4 is 0 Å². The van der Waals surface area contributed by atoms with E-state index in [1.54, 1.807) is 0 Å². The number of hydrogen-bond donors (Lipinski definition) is 1. The number of aromatic amines is 1. The molecule has 0 saturated carbocycles. The molecule has 1 aliphatic carbocycles. The summed E-state index contributed by atoms with van der Waals surface area (Å²) in [5.41, 5.74) is 13.3. The normalized spacial score (nSPS) is 17.1. The SMILES string of the molecule is CC1(C)CC=C(c2cc(C(C)(C)N3CCN(CCOCCOCCOCCN=[N+]=[N-])CC3)ccc2CC(=O)c2ncc(C#N)[nH]2)CC1. The number of piperazine rings is 1. The van der Waals surface area contributed by atoms with Crippen molar-refractivity contribution in [3.63, 3.8) is 0 Å². The van der Waals surface area contributed by atoms with Crippen LogP contribution in [-0.4, -0.2) is 104 Å². The Labute approximate surface area is 278 Å². The predicted octanol–water partition coefficient (Wildman–Crippen LogP) is 5.51. The summed E-state index contributed by atoms with van der Waals surface area (Å²) in [5.74, 6) is 0.114. The molecule has 4 rings (SSSR count). The average Bonchev–Trinajstić information content (AvgIpc) is 3.56. The third-order valence-electron chi connectivity index (χ3n) is 9.30. The van der Waals surface area contributed by atoms with Gasteiger partial charge in [-0.2, -0.15) is 5.26 Å². The summed E-state index contributed by atoms with van der Waals surface area (Å²) in [4.78, 5) is 27.8. The van der Waals surface area contributed by atoms with Gasteiger partial charge in [-0.05, 0) is 72.4 Å². The first-order valence-electron chi connectivity index (χ1n) is 16.7. The fourth-order valence-electron chi connectivity index (χ4n) is 6.11. The van der Waals surface area contributed by atoms with E-state index < -0.39 is 0 Å². The van der Waals surface area contributed by atoms with Crippen molar-refractivity contribution < 1.29 is 19.0 Å². The van der Waals surface area contributed by atoms with E-state index in [2.05, 4.69) is 81.8 Å². The van der Waals surface area contributed by atoms with Crippen LogP contribution in [0.5, 0.6) is 0 Å². The zero-order valence-corrected chi connectivity index (χ0v) is 28.5. The summed E-state index contributed by atoms with van der Waals surface area (Å²) in [6.45, 7) is 17.4.